The summed E-state index contributed by atoms with van der Waals surface area (Å²) in [5.41, 5.74) is 0. The van der Waals surface area contributed by atoms with Crippen molar-refractivity contribution in [2.24, 2.45) is 0 Å². The lowest BCUT2D eigenvalue weighted by molar-refractivity contribution is -0.150. The molecule has 1 aromatic rings. The number of hydrogen-bond donors (Lipinski definition) is 2. The van der Waals surface area contributed by atoms with Crippen LogP contribution in [-0.2, 0) is 14.3 Å². The molecule has 1 fully saturated rings. The molecule has 8 heteroatoms. The Morgan fingerprint density at radius 3 is 3.10 bits per heavy atom. The van der Waals surface area contributed by atoms with Gasteiger partial charge in [0.25, 0.3) is 0 Å². The van der Waals surface area contributed by atoms with Gasteiger partial charge in [0, 0.05) is 25.7 Å². The molecule has 0 spiro atoms. The lowest BCUT2D eigenvalue weighted by Crippen LogP contribution is -2.57. The van der Waals surface area contributed by atoms with E-state index in [1.54, 1.807) is 24.8 Å². The standard InChI is InChI=1S/C13H20N4O4/c1-3-20-13(19)10-7-14-4-5-17(10)8-12(18)15-11-6-9(2)21-16-11/h6,10,14H,3-5,7-8H2,1-2H3,(H,15,16,18). The molecule has 0 aliphatic carbocycles. The van der Waals surface area contributed by atoms with E-state index < -0.39 is 6.04 Å². The van der Waals surface area contributed by atoms with E-state index in [1.165, 1.54) is 0 Å². The highest BCUT2D eigenvalue weighted by Crippen LogP contribution is 2.09. The highest BCUT2D eigenvalue weighted by atomic mass is 16.5. The average molecular weight is 296 g/mol. The van der Waals surface area contributed by atoms with Crippen LogP contribution in [0, 0.1) is 6.92 Å². The Labute approximate surface area is 122 Å². The Kier molecular flexibility index (Phi) is 5.29. The van der Waals surface area contributed by atoms with Crippen molar-refractivity contribution in [3.8, 4) is 0 Å². The second kappa shape index (κ2) is 7.19. The van der Waals surface area contributed by atoms with Crippen LogP contribution in [0.1, 0.15) is 12.7 Å². The van der Waals surface area contributed by atoms with E-state index in [0.717, 1.165) is 6.54 Å². The SMILES string of the molecule is CCOC(=O)C1CNCCN1CC(=O)Nc1cc(C)on1. The van der Waals surface area contributed by atoms with Crippen LogP contribution in [0.15, 0.2) is 10.6 Å². The highest BCUT2D eigenvalue weighted by molar-refractivity contribution is 5.91. The Morgan fingerprint density at radius 1 is 1.62 bits per heavy atom. The zero-order valence-electron chi connectivity index (χ0n) is 12.2. The summed E-state index contributed by atoms with van der Waals surface area (Å²) < 4.78 is 9.92. The van der Waals surface area contributed by atoms with Crippen molar-refractivity contribution in [3.05, 3.63) is 11.8 Å². The van der Waals surface area contributed by atoms with Gasteiger partial charge < -0.3 is 19.9 Å². The minimum absolute atomic E-state index is 0.108. The summed E-state index contributed by atoms with van der Waals surface area (Å²) in [4.78, 5) is 25.7. The summed E-state index contributed by atoms with van der Waals surface area (Å²) in [6.07, 6.45) is 0. The zero-order chi connectivity index (χ0) is 15.2. The predicted octanol–water partition coefficient (Wildman–Crippen LogP) is -0.242. The Hall–Kier alpha value is -1.93. The number of piperazine rings is 1. The van der Waals surface area contributed by atoms with Crippen LogP contribution < -0.4 is 10.6 Å². The number of ether oxygens (including phenoxy) is 1. The van der Waals surface area contributed by atoms with Crippen LogP contribution in [0.3, 0.4) is 0 Å². The van der Waals surface area contributed by atoms with Gasteiger partial charge in [-0.15, -0.1) is 0 Å². The van der Waals surface area contributed by atoms with Gasteiger partial charge in [0.1, 0.15) is 11.8 Å². The van der Waals surface area contributed by atoms with Crippen LogP contribution in [0.5, 0.6) is 0 Å². The van der Waals surface area contributed by atoms with Crippen molar-refractivity contribution < 1.29 is 18.8 Å². The molecular weight excluding hydrogens is 276 g/mol. The third-order valence-electron chi connectivity index (χ3n) is 3.16. The first-order valence-corrected chi connectivity index (χ1v) is 6.94. The van der Waals surface area contributed by atoms with E-state index >= 15 is 0 Å². The summed E-state index contributed by atoms with van der Waals surface area (Å²) >= 11 is 0. The molecule has 1 aliphatic heterocycles. The number of esters is 1. The molecule has 1 aromatic heterocycles. The summed E-state index contributed by atoms with van der Waals surface area (Å²) in [6.45, 7) is 5.76. The van der Waals surface area contributed by atoms with E-state index in [9.17, 15) is 9.59 Å². The van der Waals surface area contributed by atoms with Gasteiger partial charge in [-0.2, -0.15) is 0 Å². The summed E-state index contributed by atoms with van der Waals surface area (Å²) in [5.74, 6) is 0.450. The summed E-state index contributed by atoms with van der Waals surface area (Å²) in [7, 11) is 0. The van der Waals surface area contributed by atoms with Crippen LogP contribution >= 0.6 is 0 Å². The fourth-order valence-electron chi connectivity index (χ4n) is 2.20. The maximum absolute atomic E-state index is 12.0. The first-order chi connectivity index (χ1) is 10.1. The minimum Gasteiger partial charge on any atom is -0.465 e. The van der Waals surface area contributed by atoms with Gasteiger partial charge in [0.2, 0.25) is 5.91 Å². The molecule has 116 valence electrons. The van der Waals surface area contributed by atoms with Crippen LogP contribution in [0.2, 0.25) is 0 Å². The molecule has 0 radical (unpaired) electrons. The van der Waals surface area contributed by atoms with Gasteiger partial charge in [-0.05, 0) is 13.8 Å². The molecule has 21 heavy (non-hydrogen) atoms. The second-order valence-electron chi connectivity index (χ2n) is 4.81. The van der Waals surface area contributed by atoms with Crippen LogP contribution in [0.4, 0.5) is 5.82 Å². The van der Waals surface area contributed by atoms with Crippen molar-refractivity contribution in [3.63, 3.8) is 0 Å². The number of nitrogens with one attached hydrogen (secondary N) is 2. The molecule has 0 bridgehead atoms. The Balaban J connectivity index is 1.92. The normalized spacial score (nSPS) is 19.2. The molecule has 0 aromatic carbocycles. The highest BCUT2D eigenvalue weighted by Gasteiger charge is 2.31. The third kappa shape index (κ3) is 4.27. The monoisotopic (exact) mass is 296 g/mol. The largest absolute Gasteiger partial charge is 0.465 e. The van der Waals surface area contributed by atoms with E-state index in [4.69, 9.17) is 9.26 Å². The molecule has 2 N–H and O–H groups in total. The van der Waals surface area contributed by atoms with Gasteiger partial charge in [-0.25, -0.2) is 0 Å². The van der Waals surface area contributed by atoms with Gasteiger partial charge in [0.15, 0.2) is 5.82 Å². The number of amides is 1. The number of carbonyl (C=O) groups excluding carboxylic acids is 2. The molecule has 1 amide bonds. The lowest BCUT2D eigenvalue weighted by atomic mass is 10.2. The fraction of sp³-hybridized carbons (Fsp3) is 0.615. The van der Waals surface area contributed by atoms with Crippen molar-refractivity contribution in [2.75, 3.05) is 38.1 Å². The van der Waals surface area contributed by atoms with Gasteiger partial charge in [0.05, 0.1) is 13.2 Å². The lowest BCUT2D eigenvalue weighted by Gasteiger charge is -2.33. The van der Waals surface area contributed by atoms with Crippen molar-refractivity contribution in [1.82, 2.24) is 15.4 Å². The summed E-state index contributed by atoms with van der Waals surface area (Å²) in [6, 6.07) is 1.20. The second-order valence-corrected chi connectivity index (χ2v) is 4.81. The van der Waals surface area contributed by atoms with E-state index in [2.05, 4.69) is 15.8 Å². The number of hydrogen-bond acceptors (Lipinski definition) is 7. The number of aryl methyl sites for hydroxylation is 1. The van der Waals surface area contributed by atoms with E-state index in [-0.39, 0.29) is 18.4 Å². The number of carbonyl (C=O) groups is 2. The first kappa shape index (κ1) is 15.5. The molecule has 1 saturated heterocycles. The quantitative estimate of drug-likeness (QED) is 0.724. The number of rotatable bonds is 5. The minimum atomic E-state index is -0.441. The predicted molar refractivity (Wildman–Crippen MR) is 74.7 cm³/mol. The van der Waals surface area contributed by atoms with Crippen LogP contribution in [-0.4, -0.2) is 60.8 Å². The number of nitrogens with zero attached hydrogens (tertiary/aromatic N) is 2. The van der Waals surface area contributed by atoms with E-state index in [0.29, 0.717) is 31.3 Å². The first-order valence-electron chi connectivity index (χ1n) is 6.94. The van der Waals surface area contributed by atoms with Gasteiger partial charge in [-0.1, -0.05) is 5.16 Å². The van der Waals surface area contributed by atoms with Crippen molar-refractivity contribution in [1.29, 1.82) is 0 Å². The molecule has 2 heterocycles. The van der Waals surface area contributed by atoms with Crippen LogP contribution in [0.25, 0.3) is 0 Å². The topological polar surface area (TPSA) is 96.7 Å². The molecule has 2 rings (SSSR count). The Bertz CT molecular complexity index is 502. The zero-order valence-corrected chi connectivity index (χ0v) is 12.2. The molecule has 1 aliphatic rings. The molecular formula is C13H20N4O4. The van der Waals surface area contributed by atoms with Gasteiger partial charge in [-0.3, -0.25) is 14.5 Å². The molecule has 8 nitrogen and oxygen atoms in total. The number of anilines is 1. The average Bonchev–Trinajstić information content (AvgIpc) is 2.84. The molecule has 1 atom stereocenters. The van der Waals surface area contributed by atoms with Crippen molar-refractivity contribution in [2.45, 2.75) is 19.9 Å². The Morgan fingerprint density at radius 2 is 2.43 bits per heavy atom. The third-order valence-corrected chi connectivity index (χ3v) is 3.16. The van der Waals surface area contributed by atoms with E-state index in [1.807, 2.05) is 0 Å². The van der Waals surface area contributed by atoms with Crippen molar-refractivity contribution >= 4 is 17.7 Å². The maximum atomic E-state index is 12.0. The van der Waals surface area contributed by atoms with Gasteiger partial charge >= 0.3 is 5.97 Å². The molecule has 0 saturated carbocycles. The number of aromatic nitrogens is 1. The summed E-state index contributed by atoms with van der Waals surface area (Å²) in [5, 5.41) is 9.48. The fourth-order valence-corrected chi connectivity index (χ4v) is 2.20. The molecule has 1 unspecified atom stereocenters. The maximum Gasteiger partial charge on any atom is 0.324 e. The smallest absolute Gasteiger partial charge is 0.324 e.